The maximum atomic E-state index is 6.13. The van der Waals surface area contributed by atoms with Crippen molar-refractivity contribution in [2.75, 3.05) is 0 Å². The first-order valence-corrected chi connectivity index (χ1v) is 5.84. The molecule has 0 unspecified atom stereocenters. The van der Waals surface area contributed by atoms with Gasteiger partial charge in [-0.15, -0.1) is 0 Å². The van der Waals surface area contributed by atoms with E-state index < -0.39 is 0 Å². The maximum Gasteiger partial charge on any atom is 0.228 e. The van der Waals surface area contributed by atoms with E-state index in [1.54, 1.807) is 0 Å². The summed E-state index contributed by atoms with van der Waals surface area (Å²) in [6.07, 6.45) is 7.81. The molecule has 1 aromatic heterocycles. The molecule has 0 aliphatic heterocycles. The third-order valence-electron chi connectivity index (χ3n) is 3.53. The second kappa shape index (κ2) is 3.30. The highest BCUT2D eigenvalue weighted by molar-refractivity contribution is 5.01. The van der Waals surface area contributed by atoms with Crippen molar-refractivity contribution in [3.63, 3.8) is 0 Å². The van der Waals surface area contributed by atoms with Crippen molar-refractivity contribution in [3.05, 3.63) is 11.7 Å². The molecule has 82 valence electrons. The summed E-state index contributed by atoms with van der Waals surface area (Å²) in [5.74, 6) is 2.41. The highest BCUT2D eigenvalue weighted by Crippen LogP contribution is 2.33. The van der Waals surface area contributed by atoms with Crippen LogP contribution in [0.5, 0.6) is 0 Å². The highest BCUT2D eigenvalue weighted by Gasteiger charge is 2.34. The zero-order valence-corrected chi connectivity index (χ0v) is 8.91. The zero-order chi connectivity index (χ0) is 10.3. The molecule has 0 spiro atoms. The number of nitrogens with zero attached hydrogens (tertiary/aromatic N) is 2. The Morgan fingerprint density at radius 3 is 2.80 bits per heavy atom. The summed E-state index contributed by atoms with van der Waals surface area (Å²) >= 11 is 0. The van der Waals surface area contributed by atoms with E-state index in [-0.39, 0.29) is 5.54 Å². The minimum atomic E-state index is -0.0522. The first kappa shape index (κ1) is 9.33. The highest BCUT2D eigenvalue weighted by atomic mass is 16.5. The van der Waals surface area contributed by atoms with Gasteiger partial charge in [0.15, 0.2) is 5.82 Å². The van der Waals surface area contributed by atoms with E-state index in [4.69, 9.17) is 10.3 Å². The summed E-state index contributed by atoms with van der Waals surface area (Å²) in [5, 5.41) is 4.00. The van der Waals surface area contributed by atoms with E-state index in [0.29, 0.717) is 0 Å². The third kappa shape index (κ3) is 2.04. The molecule has 0 aromatic carbocycles. The van der Waals surface area contributed by atoms with Gasteiger partial charge in [-0.1, -0.05) is 5.16 Å². The van der Waals surface area contributed by atoms with Crippen molar-refractivity contribution < 1.29 is 4.52 Å². The SMILES string of the molecule is NC1(Cc2nc(CC3CC3)no2)CCC1. The fourth-order valence-electron chi connectivity index (χ4n) is 2.13. The number of rotatable bonds is 4. The van der Waals surface area contributed by atoms with Crippen molar-refractivity contribution >= 4 is 0 Å². The molecule has 2 saturated carbocycles. The summed E-state index contributed by atoms with van der Waals surface area (Å²) < 4.78 is 5.22. The predicted molar refractivity (Wildman–Crippen MR) is 55.2 cm³/mol. The third-order valence-corrected chi connectivity index (χ3v) is 3.53. The lowest BCUT2D eigenvalue weighted by atomic mass is 9.75. The summed E-state index contributed by atoms with van der Waals surface area (Å²) in [6, 6.07) is 0. The molecule has 4 heteroatoms. The lowest BCUT2D eigenvalue weighted by Gasteiger charge is -2.36. The molecule has 0 atom stereocenters. The van der Waals surface area contributed by atoms with Gasteiger partial charge in [0.25, 0.3) is 0 Å². The van der Waals surface area contributed by atoms with Gasteiger partial charge in [-0.2, -0.15) is 4.98 Å². The van der Waals surface area contributed by atoms with Crippen molar-refractivity contribution in [1.29, 1.82) is 0 Å². The number of aromatic nitrogens is 2. The quantitative estimate of drug-likeness (QED) is 0.811. The van der Waals surface area contributed by atoms with Crippen molar-refractivity contribution in [2.45, 2.75) is 50.5 Å². The number of hydrogen-bond acceptors (Lipinski definition) is 4. The van der Waals surface area contributed by atoms with E-state index in [0.717, 1.165) is 43.3 Å². The van der Waals surface area contributed by atoms with Gasteiger partial charge in [-0.3, -0.25) is 0 Å². The molecule has 3 rings (SSSR count). The summed E-state index contributed by atoms with van der Waals surface area (Å²) in [5.41, 5.74) is 6.08. The lowest BCUT2D eigenvalue weighted by Crippen LogP contribution is -2.48. The van der Waals surface area contributed by atoms with Gasteiger partial charge >= 0.3 is 0 Å². The Hall–Kier alpha value is -0.900. The van der Waals surface area contributed by atoms with Crippen LogP contribution in [-0.4, -0.2) is 15.7 Å². The van der Waals surface area contributed by atoms with Crippen molar-refractivity contribution in [3.8, 4) is 0 Å². The zero-order valence-electron chi connectivity index (χ0n) is 8.91. The predicted octanol–water partition coefficient (Wildman–Crippen LogP) is 1.45. The van der Waals surface area contributed by atoms with Crippen LogP contribution in [-0.2, 0) is 12.8 Å². The van der Waals surface area contributed by atoms with E-state index in [1.165, 1.54) is 19.3 Å². The molecule has 15 heavy (non-hydrogen) atoms. The molecule has 0 bridgehead atoms. The van der Waals surface area contributed by atoms with E-state index >= 15 is 0 Å². The molecule has 2 N–H and O–H groups in total. The van der Waals surface area contributed by atoms with Gasteiger partial charge in [-0.05, 0) is 38.0 Å². The van der Waals surface area contributed by atoms with Crippen LogP contribution in [0.1, 0.15) is 43.8 Å². The minimum Gasteiger partial charge on any atom is -0.339 e. The van der Waals surface area contributed by atoms with Crippen molar-refractivity contribution in [2.24, 2.45) is 11.7 Å². The van der Waals surface area contributed by atoms with Crippen LogP contribution in [0.25, 0.3) is 0 Å². The van der Waals surface area contributed by atoms with Crippen LogP contribution >= 0.6 is 0 Å². The van der Waals surface area contributed by atoms with Crippen LogP contribution in [0.15, 0.2) is 4.52 Å². The molecular weight excluding hydrogens is 190 g/mol. The first-order chi connectivity index (χ1) is 7.23. The Balaban J connectivity index is 1.62. The minimum absolute atomic E-state index is 0.0522. The van der Waals surface area contributed by atoms with Crippen LogP contribution < -0.4 is 5.73 Å². The van der Waals surface area contributed by atoms with Gasteiger partial charge in [0.1, 0.15) is 0 Å². The molecule has 0 radical (unpaired) electrons. The average molecular weight is 207 g/mol. The summed E-state index contributed by atoms with van der Waals surface area (Å²) in [4.78, 5) is 4.40. The first-order valence-electron chi connectivity index (χ1n) is 5.84. The molecule has 2 aliphatic carbocycles. The summed E-state index contributed by atoms with van der Waals surface area (Å²) in [7, 11) is 0. The molecule has 2 aliphatic rings. The second-order valence-corrected chi connectivity index (χ2v) is 5.14. The number of nitrogens with two attached hydrogens (primary N) is 1. The fraction of sp³-hybridized carbons (Fsp3) is 0.818. The molecular formula is C11H17N3O. The van der Waals surface area contributed by atoms with Crippen LogP contribution in [0.4, 0.5) is 0 Å². The van der Waals surface area contributed by atoms with Crippen LogP contribution in [0, 0.1) is 5.92 Å². The van der Waals surface area contributed by atoms with E-state index in [1.807, 2.05) is 0 Å². The largest absolute Gasteiger partial charge is 0.339 e. The lowest BCUT2D eigenvalue weighted by molar-refractivity contribution is 0.221. The van der Waals surface area contributed by atoms with Gasteiger partial charge in [-0.25, -0.2) is 0 Å². The molecule has 0 saturated heterocycles. The van der Waals surface area contributed by atoms with Gasteiger partial charge in [0, 0.05) is 18.4 Å². The van der Waals surface area contributed by atoms with Gasteiger partial charge in [0.05, 0.1) is 0 Å². The Morgan fingerprint density at radius 1 is 1.40 bits per heavy atom. The monoisotopic (exact) mass is 207 g/mol. The molecule has 0 amide bonds. The normalized spacial score (nSPS) is 23.8. The molecule has 1 aromatic rings. The van der Waals surface area contributed by atoms with Crippen LogP contribution in [0.2, 0.25) is 0 Å². The van der Waals surface area contributed by atoms with E-state index in [9.17, 15) is 0 Å². The average Bonchev–Trinajstić information content (AvgIpc) is 2.85. The smallest absolute Gasteiger partial charge is 0.228 e. The van der Waals surface area contributed by atoms with Gasteiger partial charge in [0.2, 0.25) is 5.89 Å². The maximum absolute atomic E-state index is 6.13. The molecule has 2 fully saturated rings. The number of hydrogen-bond donors (Lipinski definition) is 1. The van der Waals surface area contributed by atoms with Crippen molar-refractivity contribution in [1.82, 2.24) is 10.1 Å². The summed E-state index contributed by atoms with van der Waals surface area (Å²) in [6.45, 7) is 0. The second-order valence-electron chi connectivity index (χ2n) is 5.14. The molecule has 1 heterocycles. The van der Waals surface area contributed by atoms with E-state index in [2.05, 4.69) is 10.1 Å². The Labute approximate surface area is 89.2 Å². The Morgan fingerprint density at radius 2 is 2.20 bits per heavy atom. The standard InChI is InChI=1S/C11H17N3O/c12-11(4-1-5-11)7-10-13-9(14-15-10)6-8-2-3-8/h8H,1-7,12H2. The van der Waals surface area contributed by atoms with Gasteiger partial charge < -0.3 is 10.3 Å². The van der Waals surface area contributed by atoms with Crippen LogP contribution in [0.3, 0.4) is 0 Å². The topological polar surface area (TPSA) is 64.9 Å². The fourth-order valence-corrected chi connectivity index (χ4v) is 2.13. The Kier molecular flexibility index (Phi) is 2.06. The molecule has 4 nitrogen and oxygen atoms in total. The Bertz CT molecular complexity index is 352.